The lowest BCUT2D eigenvalue weighted by atomic mass is 9.95. The molecule has 0 bridgehead atoms. The summed E-state index contributed by atoms with van der Waals surface area (Å²) in [4.78, 5) is 32.5. The number of rotatable bonds is 4. The summed E-state index contributed by atoms with van der Waals surface area (Å²) < 4.78 is 5.52. The molecule has 1 aliphatic carbocycles. The minimum atomic E-state index is -0.994. The first-order chi connectivity index (χ1) is 14.7. The van der Waals surface area contributed by atoms with E-state index in [9.17, 15) is 14.7 Å². The van der Waals surface area contributed by atoms with Crippen molar-refractivity contribution >= 4 is 28.5 Å². The van der Waals surface area contributed by atoms with Crippen molar-refractivity contribution in [3.05, 3.63) is 35.2 Å². The molecule has 31 heavy (non-hydrogen) atoms. The van der Waals surface area contributed by atoms with Crippen molar-refractivity contribution in [2.24, 2.45) is 0 Å². The molecule has 1 amide bonds. The Hall–Kier alpha value is -2.83. The number of aromatic nitrogens is 1. The van der Waals surface area contributed by atoms with Gasteiger partial charge in [-0.3, -0.25) is 0 Å². The van der Waals surface area contributed by atoms with E-state index in [-0.39, 0.29) is 11.8 Å². The summed E-state index contributed by atoms with van der Waals surface area (Å²) in [6.45, 7) is 10.4. The molecule has 7 nitrogen and oxygen atoms in total. The van der Waals surface area contributed by atoms with Crippen LogP contribution in [0.5, 0.6) is 0 Å². The molecule has 2 aliphatic rings. The molecule has 166 valence electrons. The van der Waals surface area contributed by atoms with E-state index in [0.29, 0.717) is 25.4 Å². The van der Waals surface area contributed by atoms with E-state index in [1.807, 2.05) is 33.8 Å². The molecule has 1 N–H and O–H groups in total. The highest BCUT2D eigenvalue weighted by Crippen LogP contribution is 2.48. The molecule has 0 radical (unpaired) electrons. The van der Waals surface area contributed by atoms with E-state index in [1.165, 1.54) is 11.3 Å². The van der Waals surface area contributed by atoms with E-state index in [4.69, 9.17) is 4.74 Å². The van der Waals surface area contributed by atoms with Gasteiger partial charge < -0.3 is 19.6 Å². The molecule has 0 atom stereocenters. The molecule has 2 aromatic rings. The Morgan fingerprint density at radius 2 is 1.84 bits per heavy atom. The highest BCUT2D eigenvalue weighted by Gasteiger charge is 2.33. The predicted octanol–water partition coefficient (Wildman–Crippen LogP) is 4.43. The van der Waals surface area contributed by atoms with Crippen LogP contribution in [-0.4, -0.2) is 58.8 Å². The number of anilines is 1. The number of pyridine rings is 1. The molecular weight excluding hydrogens is 394 g/mol. The SMILES string of the molecule is CCc1nc(C(=O)O)cc2ccc(N3CCN(C(=O)OC(C)(C)C)CC3)c(C3CC3)c12. The Labute approximate surface area is 183 Å². The largest absolute Gasteiger partial charge is 0.477 e. The van der Waals surface area contributed by atoms with Crippen molar-refractivity contribution in [2.75, 3.05) is 31.1 Å². The number of carbonyl (C=O) groups is 2. The van der Waals surface area contributed by atoms with Crippen molar-refractivity contribution in [3.63, 3.8) is 0 Å². The van der Waals surface area contributed by atoms with Crippen LogP contribution in [0.1, 0.15) is 68.2 Å². The highest BCUT2D eigenvalue weighted by atomic mass is 16.6. The van der Waals surface area contributed by atoms with Crippen LogP contribution in [0.2, 0.25) is 0 Å². The topological polar surface area (TPSA) is 83.0 Å². The van der Waals surface area contributed by atoms with Crippen molar-refractivity contribution < 1.29 is 19.4 Å². The standard InChI is InChI=1S/C24H31N3O4/c1-5-17-20-16(14-18(25-17)22(28)29)8-9-19(21(20)15-6-7-15)26-10-12-27(13-11-26)23(30)31-24(2,3)4/h8-9,14-15H,5-7,10-13H2,1-4H3,(H,28,29). The third kappa shape index (κ3) is 4.45. The lowest BCUT2D eigenvalue weighted by Gasteiger charge is -2.38. The molecule has 2 heterocycles. The number of carboxylic acids is 1. The second kappa shape index (κ2) is 8.02. The maximum atomic E-state index is 12.4. The fourth-order valence-electron chi connectivity index (χ4n) is 4.33. The fraction of sp³-hybridized carbons (Fsp3) is 0.542. The zero-order valence-corrected chi connectivity index (χ0v) is 18.8. The maximum absolute atomic E-state index is 12.4. The van der Waals surface area contributed by atoms with Crippen LogP contribution in [-0.2, 0) is 11.2 Å². The van der Waals surface area contributed by atoms with Gasteiger partial charge in [-0.1, -0.05) is 13.0 Å². The fourth-order valence-corrected chi connectivity index (χ4v) is 4.33. The molecule has 0 unspecified atom stereocenters. The number of aromatic carboxylic acids is 1. The number of nitrogens with zero attached hydrogens (tertiary/aromatic N) is 3. The Bertz CT molecular complexity index is 1020. The van der Waals surface area contributed by atoms with Gasteiger partial charge in [0, 0.05) is 42.9 Å². The molecule has 1 saturated carbocycles. The Morgan fingerprint density at radius 1 is 1.16 bits per heavy atom. The van der Waals surface area contributed by atoms with Gasteiger partial charge >= 0.3 is 12.1 Å². The highest BCUT2D eigenvalue weighted by molar-refractivity contribution is 5.97. The summed E-state index contributed by atoms with van der Waals surface area (Å²) in [7, 11) is 0. The van der Waals surface area contributed by atoms with Crippen molar-refractivity contribution in [2.45, 2.75) is 58.5 Å². The molecule has 0 spiro atoms. The first kappa shape index (κ1) is 21.4. The van der Waals surface area contributed by atoms with Gasteiger partial charge in [-0.2, -0.15) is 0 Å². The van der Waals surface area contributed by atoms with Crippen molar-refractivity contribution in [3.8, 4) is 0 Å². The number of carboxylic acid groups (broad SMARTS) is 1. The predicted molar refractivity (Wildman–Crippen MR) is 120 cm³/mol. The van der Waals surface area contributed by atoms with Crippen LogP contribution < -0.4 is 4.90 Å². The molecule has 2 fully saturated rings. The first-order valence-corrected chi connectivity index (χ1v) is 11.1. The maximum Gasteiger partial charge on any atom is 0.410 e. The van der Waals surface area contributed by atoms with Crippen LogP contribution in [0.4, 0.5) is 10.5 Å². The number of benzene rings is 1. The minimum Gasteiger partial charge on any atom is -0.477 e. The molecule has 1 aliphatic heterocycles. The number of aryl methyl sites for hydroxylation is 1. The second-order valence-electron chi connectivity index (χ2n) is 9.44. The van der Waals surface area contributed by atoms with Gasteiger partial charge in [-0.25, -0.2) is 14.6 Å². The van der Waals surface area contributed by atoms with Gasteiger partial charge in [-0.15, -0.1) is 0 Å². The third-order valence-corrected chi connectivity index (χ3v) is 5.90. The number of ether oxygens (including phenoxy) is 1. The summed E-state index contributed by atoms with van der Waals surface area (Å²) in [6, 6.07) is 5.82. The monoisotopic (exact) mass is 425 g/mol. The van der Waals surface area contributed by atoms with Gasteiger partial charge in [0.25, 0.3) is 0 Å². The number of fused-ring (bicyclic) bond motifs is 1. The third-order valence-electron chi connectivity index (χ3n) is 5.90. The molecular formula is C24H31N3O4. The average molecular weight is 426 g/mol. The van der Waals surface area contributed by atoms with E-state index < -0.39 is 11.6 Å². The van der Waals surface area contributed by atoms with Gasteiger partial charge in [-0.05, 0) is 69.0 Å². The zero-order valence-electron chi connectivity index (χ0n) is 18.8. The second-order valence-corrected chi connectivity index (χ2v) is 9.44. The van der Waals surface area contributed by atoms with Gasteiger partial charge in [0.15, 0.2) is 0 Å². The molecule has 4 rings (SSSR count). The van der Waals surface area contributed by atoms with Gasteiger partial charge in [0.05, 0.1) is 0 Å². The quantitative estimate of drug-likeness (QED) is 0.780. The number of piperazine rings is 1. The van der Waals surface area contributed by atoms with E-state index in [1.54, 1.807) is 11.0 Å². The number of amides is 1. The van der Waals surface area contributed by atoms with Crippen molar-refractivity contribution in [1.29, 1.82) is 0 Å². The van der Waals surface area contributed by atoms with Gasteiger partial charge in [0.2, 0.25) is 0 Å². The van der Waals surface area contributed by atoms with Crippen LogP contribution in [0.3, 0.4) is 0 Å². The van der Waals surface area contributed by atoms with Gasteiger partial charge in [0.1, 0.15) is 11.3 Å². The average Bonchev–Trinajstić information content (AvgIpc) is 3.56. The number of hydrogen-bond acceptors (Lipinski definition) is 5. The van der Waals surface area contributed by atoms with E-state index >= 15 is 0 Å². The summed E-state index contributed by atoms with van der Waals surface area (Å²) in [5, 5.41) is 11.5. The molecule has 1 aromatic heterocycles. The van der Waals surface area contributed by atoms with Crippen LogP contribution in [0.15, 0.2) is 18.2 Å². The minimum absolute atomic E-state index is 0.102. The number of hydrogen-bond donors (Lipinski definition) is 1. The van der Waals surface area contributed by atoms with E-state index in [0.717, 1.165) is 42.4 Å². The van der Waals surface area contributed by atoms with Crippen LogP contribution >= 0.6 is 0 Å². The number of carbonyl (C=O) groups excluding carboxylic acids is 1. The molecule has 1 aromatic carbocycles. The Balaban J connectivity index is 1.65. The molecule has 1 saturated heterocycles. The smallest absolute Gasteiger partial charge is 0.410 e. The normalized spacial score (nSPS) is 17.2. The Kier molecular flexibility index (Phi) is 5.54. The summed E-state index contributed by atoms with van der Waals surface area (Å²) in [5.41, 5.74) is 2.95. The lowest BCUT2D eigenvalue weighted by Crippen LogP contribution is -2.50. The Morgan fingerprint density at radius 3 is 2.39 bits per heavy atom. The van der Waals surface area contributed by atoms with Crippen LogP contribution in [0, 0.1) is 0 Å². The van der Waals surface area contributed by atoms with Crippen molar-refractivity contribution in [1.82, 2.24) is 9.88 Å². The summed E-state index contributed by atoms with van der Waals surface area (Å²) >= 11 is 0. The lowest BCUT2D eigenvalue weighted by molar-refractivity contribution is 0.0240. The van der Waals surface area contributed by atoms with Crippen LogP contribution in [0.25, 0.3) is 10.8 Å². The zero-order chi connectivity index (χ0) is 22.3. The summed E-state index contributed by atoms with van der Waals surface area (Å²) in [5.74, 6) is -0.503. The summed E-state index contributed by atoms with van der Waals surface area (Å²) in [6.07, 6.45) is 2.72. The molecule has 7 heteroatoms. The van der Waals surface area contributed by atoms with E-state index in [2.05, 4.69) is 16.0 Å². The first-order valence-electron chi connectivity index (χ1n) is 11.1.